The van der Waals surface area contributed by atoms with Crippen molar-refractivity contribution in [2.24, 2.45) is 0 Å². The highest BCUT2D eigenvalue weighted by molar-refractivity contribution is 7.92. The van der Waals surface area contributed by atoms with Gasteiger partial charge in [-0.3, -0.25) is 14.0 Å². The molecule has 1 saturated heterocycles. The Morgan fingerprint density at radius 2 is 1.71 bits per heavy atom. The fraction of sp³-hybridized carbons (Fsp3) is 0.480. The lowest BCUT2D eigenvalue weighted by molar-refractivity contribution is -0.134. The highest BCUT2D eigenvalue weighted by Crippen LogP contribution is 2.33. The van der Waals surface area contributed by atoms with Crippen LogP contribution in [-0.2, 0) is 21.4 Å². The lowest BCUT2D eigenvalue weighted by Gasteiger charge is -2.39. The highest BCUT2D eigenvalue weighted by atomic mass is 32.2. The number of piperazine rings is 1. The minimum Gasteiger partial charge on any atom is -0.454 e. The molecule has 0 unspecified atom stereocenters. The summed E-state index contributed by atoms with van der Waals surface area (Å²) in [6.45, 7) is 9.36. The topological polar surface area (TPSA) is 79.4 Å². The van der Waals surface area contributed by atoms with Crippen LogP contribution in [0.5, 0.6) is 11.5 Å². The molecule has 0 spiro atoms. The van der Waals surface area contributed by atoms with Crippen LogP contribution in [0, 0.1) is 13.8 Å². The SMILES string of the molecule is CC[C@H](C(=O)N1CCN(Cc2ccc3c(c2)OCO3)CC1)N(c1ccc(C)c(C)c1)S(C)(=O)=O. The van der Waals surface area contributed by atoms with Crippen molar-refractivity contribution in [1.82, 2.24) is 9.80 Å². The third-order valence-corrected chi connectivity index (χ3v) is 7.76. The van der Waals surface area contributed by atoms with Gasteiger partial charge in [0.2, 0.25) is 22.7 Å². The Bertz CT molecular complexity index is 1160. The largest absolute Gasteiger partial charge is 0.454 e. The van der Waals surface area contributed by atoms with E-state index in [-0.39, 0.29) is 12.7 Å². The Balaban J connectivity index is 1.44. The van der Waals surface area contributed by atoms with Crippen molar-refractivity contribution in [1.29, 1.82) is 0 Å². The molecule has 2 aromatic rings. The number of sulfonamides is 1. The number of carbonyl (C=O) groups is 1. The first-order valence-electron chi connectivity index (χ1n) is 11.6. The van der Waals surface area contributed by atoms with Crippen molar-refractivity contribution in [3.8, 4) is 11.5 Å². The molecule has 0 radical (unpaired) electrons. The second-order valence-electron chi connectivity index (χ2n) is 9.04. The number of nitrogens with zero attached hydrogens (tertiary/aromatic N) is 3. The molecule has 0 aliphatic carbocycles. The van der Waals surface area contributed by atoms with E-state index in [1.165, 1.54) is 10.6 Å². The van der Waals surface area contributed by atoms with Crippen LogP contribution in [0.15, 0.2) is 36.4 Å². The summed E-state index contributed by atoms with van der Waals surface area (Å²) in [6.07, 6.45) is 1.57. The fourth-order valence-electron chi connectivity index (χ4n) is 4.54. The minimum atomic E-state index is -3.65. The van der Waals surface area contributed by atoms with Gasteiger partial charge in [-0.1, -0.05) is 19.1 Å². The van der Waals surface area contributed by atoms with Crippen molar-refractivity contribution in [2.75, 3.05) is 43.5 Å². The zero-order chi connectivity index (χ0) is 24.5. The number of rotatable bonds is 7. The molecule has 2 aromatic carbocycles. The quantitative estimate of drug-likeness (QED) is 0.598. The van der Waals surface area contributed by atoms with E-state index in [0.29, 0.717) is 25.2 Å². The zero-order valence-electron chi connectivity index (χ0n) is 20.3. The van der Waals surface area contributed by atoms with Crippen molar-refractivity contribution in [2.45, 2.75) is 39.8 Å². The van der Waals surface area contributed by atoms with Gasteiger partial charge >= 0.3 is 0 Å². The molecule has 8 nitrogen and oxygen atoms in total. The van der Waals surface area contributed by atoms with Gasteiger partial charge < -0.3 is 14.4 Å². The molecule has 9 heteroatoms. The van der Waals surface area contributed by atoms with Gasteiger partial charge in [0.15, 0.2) is 11.5 Å². The lowest BCUT2D eigenvalue weighted by atomic mass is 10.1. The van der Waals surface area contributed by atoms with Crippen LogP contribution in [-0.4, -0.2) is 69.4 Å². The summed E-state index contributed by atoms with van der Waals surface area (Å²) >= 11 is 0. The van der Waals surface area contributed by atoms with Gasteiger partial charge in [0.05, 0.1) is 11.9 Å². The first-order valence-corrected chi connectivity index (χ1v) is 13.5. The molecule has 4 rings (SSSR count). The van der Waals surface area contributed by atoms with Gasteiger partial charge in [0.1, 0.15) is 6.04 Å². The predicted molar refractivity (Wildman–Crippen MR) is 132 cm³/mol. The predicted octanol–water partition coefficient (Wildman–Crippen LogP) is 2.92. The Labute approximate surface area is 202 Å². The normalized spacial score (nSPS) is 17.0. The number of aryl methyl sites for hydroxylation is 2. The number of amides is 1. The molecule has 2 aliphatic rings. The average molecular weight is 488 g/mol. The van der Waals surface area contributed by atoms with Crippen molar-refractivity contribution in [3.05, 3.63) is 53.1 Å². The van der Waals surface area contributed by atoms with E-state index in [9.17, 15) is 13.2 Å². The number of hydrogen-bond donors (Lipinski definition) is 0. The number of carbonyl (C=O) groups excluding carboxylic acids is 1. The van der Waals surface area contributed by atoms with E-state index >= 15 is 0 Å². The van der Waals surface area contributed by atoms with E-state index in [1.807, 2.05) is 51.1 Å². The molecule has 34 heavy (non-hydrogen) atoms. The van der Waals surface area contributed by atoms with Crippen LogP contribution < -0.4 is 13.8 Å². The minimum absolute atomic E-state index is 0.145. The second-order valence-corrected chi connectivity index (χ2v) is 10.9. The van der Waals surface area contributed by atoms with Crippen LogP contribution in [0.4, 0.5) is 5.69 Å². The van der Waals surface area contributed by atoms with Crippen LogP contribution in [0.2, 0.25) is 0 Å². The molecule has 0 bridgehead atoms. The zero-order valence-corrected chi connectivity index (χ0v) is 21.1. The van der Waals surface area contributed by atoms with Crippen LogP contribution in [0.3, 0.4) is 0 Å². The van der Waals surface area contributed by atoms with E-state index < -0.39 is 16.1 Å². The summed E-state index contributed by atoms with van der Waals surface area (Å²) < 4.78 is 37.7. The molecular formula is C25H33N3O5S. The molecule has 2 aliphatic heterocycles. The van der Waals surface area contributed by atoms with Gasteiger partial charge in [-0.05, 0) is 61.2 Å². The van der Waals surface area contributed by atoms with Crippen LogP contribution in [0.25, 0.3) is 0 Å². The number of hydrogen-bond acceptors (Lipinski definition) is 6. The smallest absolute Gasteiger partial charge is 0.246 e. The fourth-order valence-corrected chi connectivity index (χ4v) is 5.74. The maximum absolute atomic E-state index is 13.5. The number of ether oxygens (including phenoxy) is 2. The van der Waals surface area contributed by atoms with Gasteiger partial charge in [-0.2, -0.15) is 0 Å². The maximum atomic E-state index is 13.5. The van der Waals surface area contributed by atoms with Crippen molar-refractivity contribution in [3.63, 3.8) is 0 Å². The molecule has 1 fully saturated rings. The summed E-state index contributed by atoms with van der Waals surface area (Å²) in [6, 6.07) is 10.7. The molecule has 2 heterocycles. The van der Waals surface area contributed by atoms with E-state index in [1.54, 1.807) is 11.0 Å². The molecule has 0 N–H and O–H groups in total. The summed E-state index contributed by atoms with van der Waals surface area (Å²) in [5.74, 6) is 1.39. The van der Waals surface area contributed by atoms with Crippen LogP contribution in [0.1, 0.15) is 30.0 Å². The summed E-state index contributed by atoms with van der Waals surface area (Å²) in [5.41, 5.74) is 3.74. The van der Waals surface area contributed by atoms with Crippen molar-refractivity contribution < 1.29 is 22.7 Å². The van der Waals surface area contributed by atoms with Crippen molar-refractivity contribution >= 4 is 21.6 Å². The molecular weight excluding hydrogens is 454 g/mol. The molecule has 0 aromatic heterocycles. The Morgan fingerprint density at radius 1 is 1.00 bits per heavy atom. The molecule has 0 saturated carbocycles. The van der Waals surface area contributed by atoms with Gasteiger partial charge in [0, 0.05) is 32.7 Å². The number of anilines is 1. The molecule has 184 valence electrons. The van der Waals surface area contributed by atoms with E-state index in [4.69, 9.17) is 9.47 Å². The monoisotopic (exact) mass is 487 g/mol. The Hall–Kier alpha value is -2.78. The Kier molecular flexibility index (Phi) is 7.04. The summed E-state index contributed by atoms with van der Waals surface area (Å²) in [7, 11) is -3.65. The average Bonchev–Trinajstić information content (AvgIpc) is 3.26. The Morgan fingerprint density at radius 3 is 2.35 bits per heavy atom. The molecule has 1 amide bonds. The standard InChI is InChI=1S/C25H33N3O5S/c1-5-22(28(34(4,30)31)21-8-6-18(2)19(3)14-21)25(29)27-12-10-26(11-13-27)16-20-7-9-23-24(15-20)33-17-32-23/h6-9,14-15,22H,5,10-13,16-17H2,1-4H3/t22-/m1/s1. The number of benzene rings is 2. The first kappa shape index (κ1) is 24.3. The second kappa shape index (κ2) is 9.84. The van der Waals surface area contributed by atoms with E-state index in [0.717, 1.165) is 47.8 Å². The summed E-state index contributed by atoms with van der Waals surface area (Å²) in [4.78, 5) is 17.6. The first-order chi connectivity index (χ1) is 16.2. The highest BCUT2D eigenvalue weighted by Gasteiger charge is 2.35. The maximum Gasteiger partial charge on any atom is 0.246 e. The third kappa shape index (κ3) is 5.15. The van der Waals surface area contributed by atoms with Crippen LogP contribution >= 0.6 is 0 Å². The summed E-state index contributed by atoms with van der Waals surface area (Å²) in [5, 5.41) is 0. The van der Waals surface area contributed by atoms with Gasteiger partial charge in [-0.25, -0.2) is 8.42 Å². The number of fused-ring (bicyclic) bond motifs is 1. The van der Waals surface area contributed by atoms with Gasteiger partial charge in [-0.15, -0.1) is 0 Å². The third-order valence-electron chi connectivity index (χ3n) is 6.58. The molecule has 1 atom stereocenters. The lowest BCUT2D eigenvalue weighted by Crippen LogP contribution is -2.55. The van der Waals surface area contributed by atoms with Gasteiger partial charge in [0.25, 0.3) is 0 Å². The van der Waals surface area contributed by atoms with E-state index in [2.05, 4.69) is 4.90 Å².